The van der Waals surface area contributed by atoms with Crippen molar-refractivity contribution in [3.8, 4) is 0 Å². The number of hydrogen-bond acceptors (Lipinski definition) is 2. The summed E-state index contributed by atoms with van der Waals surface area (Å²) >= 11 is 0. The number of carbonyl (C=O) groups is 1. The molecule has 7 heteroatoms. The zero-order valence-electron chi connectivity index (χ0n) is 9.78. The van der Waals surface area contributed by atoms with Crippen LogP contribution in [0.15, 0.2) is 17.2 Å². The van der Waals surface area contributed by atoms with E-state index < -0.39 is 23.1 Å². The number of carbonyl (C=O) groups excluding carboxylic acids is 1. The Morgan fingerprint density at radius 2 is 2.22 bits per heavy atom. The summed E-state index contributed by atoms with van der Waals surface area (Å²) < 4.78 is 26.9. The first kappa shape index (κ1) is 13.9. The van der Waals surface area contributed by atoms with Gasteiger partial charge in [-0.1, -0.05) is 11.2 Å². The van der Waals surface area contributed by atoms with Crippen LogP contribution in [-0.2, 0) is 0 Å². The van der Waals surface area contributed by atoms with Gasteiger partial charge in [0.05, 0.1) is 0 Å². The minimum Gasteiger partial charge on any atom is -0.352 e. The topological polar surface area (TPSA) is 77.9 Å². The van der Waals surface area contributed by atoms with Gasteiger partial charge in [-0.25, -0.2) is 8.78 Å². The molecule has 5 nitrogen and oxygen atoms in total. The molecular weight excluding hydrogens is 242 g/mol. The largest absolute Gasteiger partial charge is 0.352 e. The summed E-state index contributed by atoms with van der Waals surface area (Å²) in [6.07, 6.45) is 0.408. The highest BCUT2D eigenvalue weighted by molar-refractivity contribution is 5.94. The van der Waals surface area contributed by atoms with E-state index in [1.807, 2.05) is 0 Å². The van der Waals surface area contributed by atoms with Crippen LogP contribution in [-0.4, -0.2) is 19.0 Å². The third kappa shape index (κ3) is 3.43. The van der Waals surface area contributed by atoms with Gasteiger partial charge in [-0.3, -0.25) is 4.79 Å². The van der Waals surface area contributed by atoms with E-state index in [0.29, 0.717) is 6.42 Å². The number of halogens is 2. The van der Waals surface area contributed by atoms with E-state index in [1.165, 1.54) is 13.0 Å². The third-order valence-electron chi connectivity index (χ3n) is 2.29. The molecule has 0 aromatic heterocycles. The Labute approximate surface area is 102 Å². The van der Waals surface area contributed by atoms with Crippen LogP contribution >= 0.6 is 0 Å². The lowest BCUT2D eigenvalue weighted by Gasteiger charge is -2.07. The minimum atomic E-state index is -0.898. The molecule has 0 unspecified atom stereocenters. The summed E-state index contributed by atoms with van der Waals surface area (Å²) in [7, 11) is 0. The quantitative estimate of drug-likeness (QED) is 0.373. The van der Waals surface area contributed by atoms with Crippen LogP contribution in [0.25, 0.3) is 10.4 Å². The number of aryl methyl sites for hydroxylation is 1. The zero-order chi connectivity index (χ0) is 13.5. The molecule has 1 rings (SSSR count). The average Bonchev–Trinajstić information content (AvgIpc) is 2.34. The van der Waals surface area contributed by atoms with Gasteiger partial charge in [0.25, 0.3) is 5.91 Å². The first-order chi connectivity index (χ1) is 8.57. The molecular formula is C11H12F2N4O. The molecule has 0 spiro atoms. The van der Waals surface area contributed by atoms with E-state index in [2.05, 4.69) is 15.3 Å². The number of hydrogen-bond donors (Lipinski definition) is 1. The van der Waals surface area contributed by atoms with E-state index in [4.69, 9.17) is 5.53 Å². The predicted molar refractivity (Wildman–Crippen MR) is 62.1 cm³/mol. The molecule has 96 valence electrons. The first-order valence-corrected chi connectivity index (χ1v) is 5.31. The third-order valence-corrected chi connectivity index (χ3v) is 2.29. The van der Waals surface area contributed by atoms with Crippen LogP contribution in [0.1, 0.15) is 22.3 Å². The maximum Gasteiger partial charge on any atom is 0.257 e. The fourth-order valence-electron chi connectivity index (χ4n) is 1.35. The van der Waals surface area contributed by atoms with Gasteiger partial charge in [-0.2, -0.15) is 0 Å². The fourth-order valence-corrected chi connectivity index (χ4v) is 1.35. The average molecular weight is 254 g/mol. The summed E-state index contributed by atoms with van der Waals surface area (Å²) in [4.78, 5) is 14.1. The molecule has 0 fully saturated rings. The van der Waals surface area contributed by atoms with Crippen molar-refractivity contribution in [3.05, 3.63) is 45.3 Å². The molecule has 0 aliphatic carbocycles. The highest BCUT2D eigenvalue weighted by atomic mass is 19.1. The highest BCUT2D eigenvalue weighted by Crippen LogP contribution is 2.15. The van der Waals surface area contributed by atoms with Crippen molar-refractivity contribution in [1.82, 2.24) is 5.32 Å². The van der Waals surface area contributed by atoms with Gasteiger partial charge in [0.1, 0.15) is 17.2 Å². The van der Waals surface area contributed by atoms with Crippen molar-refractivity contribution in [2.24, 2.45) is 5.11 Å². The van der Waals surface area contributed by atoms with Crippen LogP contribution in [0.5, 0.6) is 0 Å². The molecule has 0 saturated carbocycles. The van der Waals surface area contributed by atoms with Crippen LogP contribution in [0, 0.1) is 18.6 Å². The summed E-state index contributed by atoms with van der Waals surface area (Å²) in [6, 6.07) is 2.32. The fraction of sp³-hybridized carbons (Fsp3) is 0.364. The molecule has 1 aromatic carbocycles. The van der Waals surface area contributed by atoms with Crippen molar-refractivity contribution in [1.29, 1.82) is 0 Å². The molecule has 0 heterocycles. The van der Waals surface area contributed by atoms with Gasteiger partial charge in [0.15, 0.2) is 0 Å². The number of benzene rings is 1. The van der Waals surface area contributed by atoms with Crippen molar-refractivity contribution in [2.45, 2.75) is 13.3 Å². The number of amides is 1. The van der Waals surface area contributed by atoms with Crippen LogP contribution in [0.3, 0.4) is 0 Å². The lowest BCUT2D eigenvalue weighted by atomic mass is 10.1. The van der Waals surface area contributed by atoms with Crippen molar-refractivity contribution >= 4 is 5.91 Å². The Morgan fingerprint density at radius 1 is 1.50 bits per heavy atom. The number of azide groups is 1. The zero-order valence-corrected chi connectivity index (χ0v) is 9.78. The first-order valence-electron chi connectivity index (χ1n) is 5.31. The molecule has 1 aromatic rings. The second-order valence-electron chi connectivity index (χ2n) is 3.62. The number of nitrogens with zero attached hydrogens (tertiary/aromatic N) is 3. The molecule has 0 saturated heterocycles. The summed E-state index contributed by atoms with van der Waals surface area (Å²) in [5.41, 5.74) is 7.65. The molecule has 0 aliphatic rings. The second kappa shape index (κ2) is 6.56. The molecule has 1 amide bonds. The van der Waals surface area contributed by atoms with Gasteiger partial charge in [0, 0.05) is 18.0 Å². The van der Waals surface area contributed by atoms with Crippen molar-refractivity contribution in [3.63, 3.8) is 0 Å². The van der Waals surface area contributed by atoms with E-state index in [9.17, 15) is 13.6 Å². The van der Waals surface area contributed by atoms with Gasteiger partial charge in [-0.15, -0.1) is 0 Å². The molecule has 0 radical (unpaired) electrons. The number of nitrogens with one attached hydrogen (secondary N) is 1. The Balaban J connectivity index is 2.67. The maximum atomic E-state index is 13.6. The summed E-state index contributed by atoms with van der Waals surface area (Å²) in [5.74, 6) is -2.57. The molecule has 18 heavy (non-hydrogen) atoms. The Bertz CT molecular complexity index is 498. The molecule has 0 bridgehead atoms. The Morgan fingerprint density at radius 3 is 2.89 bits per heavy atom. The summed E-state index contributed by atoms with van der Waals surface area (Å²) in [6.45, 7) is 1.85. The lowest BCUT2D eigenvalue weighted by molar-refractivity contribution is 0.0945. The van der Waals surface area contributed by atoms with Crippen LogP contribution in [0.2, 0.25) is 0 Å². The molecule has 0 atom stereocenters. The summed E-state index contributed by atoms with van der Waals surface area (Å²) in [5, 5.41) is 5.64. The van der Waals surface area contributed by atoms with Gasteiger partial charge >= 0.3 is 0 Å². The lowest BCUT2D eigenvalue weighted by Crippen LogP contribution is -2.27. The minimum absolute atomic E-state index is 0.185. The van der Waals surface area contributed by atoms with E-state index in [0.717, 1.165) is 6.07 Å². The number of rotatable bonds is 5. The second-order valence-corrected chi connectivity index (χ2v) is 3.62. The van der Waals surface area contributed by atoms with Crippen LogP contribution in [0.4, 0.5) is 8.78 Å². The normalized spacial score (nSPS) is 9.72. The van der Waals surface area contributed by atoms with Gasteiger partial charge in [0.2, 0.25) is 0 Å². The van der Waals surface area contributed by atoms with E-state index >= 15 is 0 Å². The van der Waals surface area contributed by atoms with E-state index in [1.54, 1.807) is 0 Å². The molecule has 0 aliphatic heterocycles. The highest BCUT2D eigenvalue weighted by Gasteiger charge is 2.18. The smallest absolute Gasteiger partial charge is 0.257 e. The van der Waals surface area contributed by atoms with Gasteiger partial charge < -0.3 is 5.32 Å². The Kier molecular flexibility index (Phi) is 5.07. The maximum absolute atomic E-state index is 13.6. The van der Waals surface area contributed by atoms with E-state index in [-0.39, 0.29) is 18.7 Å². The van der Waals surface area contributed by atoms with Crippen molar-refractivity contribution < 1.29 is 13.6 Å². The predicted octanol–water partition coefficient (Wildman–Crippen LogP) is 2.70. The van der Waals surface area contributed by atoms with Crippen LogP contribution < -0.4 is 5.32 Å². The standard InChI is InChI=1S/C11H12F2N4O/c1-7-3-4-8(12)9(10(7)13)11(18)15-5-2-6-16-17-14/h3-4H,2,5-6H2,1H3,(H,15,18). The monoisotopic (exact) mass is 254 g/mol. The van der Waals surface area contributed by atoms with Crippen molar-refractivity contribution in [2.75, 3.05) is 13.1 Å². The van der Waals surface area contributed by atoms with Gasteiger partial charge in [-0.05, 0) is 30.5 Å². The SMILES string of the molecule is Cc1ccc(F)c(C(=O)NCCCN=[N+]=[N-])c1F. The Hall–Kier alpha value is -2.14. The molecule has 1 N–H and O–H groups in total.